The van der Waals surface area contributed by atoms with Gasteiger partial charge < -0.3 is 9.30 Å². The SMILES string of the molecule is CC(=O)Nc1nc2ccccc2n1CCOc1ccc(F)cc1. The summed E-state index contributed by atoms with van der Waals surface area (Å²) in [5.41, 5.74) is 1.72. The van der Waals surface area contributed by atoms with Crippen LogP contribution in [0.5, 0.6) is 5.75 Å². The lowest BCUT2D eigenvalue weighted by molar-refractivity contribution is -0.114. The smallest absolute Gasteiger partial charge is 0.223 e. The van der Waals surface area contributed by atoms with E-state index in [2.05, 4.69) is 10.3 Å². The number of aromatic nitrogens is 2. The maximum absolute atomic E-state index is 12.9. The van der Waals surface area contributed by atoms with Crippen molar-refractivity contribution in [1.29, 1.82) is 0 Å². The summed E-state index contributed by atoms with van der Waals surface area (Å²) >= 11 is 0. The first-order chi connectivity index (χ1) is 11.1. The zero-order valence-electron chi connectivity index (χ0n) is 12.6. The maximum atomic E-state index is 12.9. The number of ether oxygens (including phenoxy) is 1. The number of halogens is 1. The minimum absolute atomic E-state index is 0.180. The van der Waals surface area contributed by atoms with Crippen molar-refractivity contribution in [3.63, 3.8) is 0 Å². The van der Waals surface area contributed by atoms with Crippen LogP contribution in [0, 0.1) is 5.82 Å². The highest BCUT2D eigenvalue weighted by atomic mass is 19.1. The van der Waals surface area contributed by atoms with Crippen LogP contribution in [0.15, 0.2) is 48.5 Å². The van der Waals surface area contributed by atoms with E-state index in [1.807, 2.05) is 28.8 Å². The van der Waals surface area contributed by atoms with Crippen molar-refractivity contribution in [2.24, 2.45) is 0 Å². The fourth-order valence-electron chi connectivity index (χ4n) is 2.34. The van der Waals surface area contributed by atoms with Crippen molar-refractivity contribution in [3.8, 4) is 5.75 Å². The molecule has 0 spiro atoms. The van der Waals surface area contributed by atoms with Gasteiger partial charge in [-0.25, -0.2) is 9.37 Å². The van der Waals surface area contributed by atoms with E-state index in [9.17, 15) is 9.18 Å². The van der Waals surface area contributed by atoms with Gasteiger partial charge in [0.2, 0.25) is 11.9 Å². The van der Waals surface area contributed by atoms with Gasteiger partial charge in [0.25, 0.3) is 0 Å². The Labute approximate surface area is 132 Å². The summed E-state index contributed by atoms with van der Waals surface area (Å²) in [4.78, 5) is 15.8. The van der Waals surface area contributed by atoms with Crippen molar-refractivity contribution >= 4 is 22.9 Å². The maximum Gasteiger partial charge on any atom is 0.223 e. The molecule has 3 rings (SSSR count). The molecule has 2 aromatic carbocycles. The van der Waals surface area contributed by atoms with Crippen LogP contribution in [0.4, 0.5) is 10.3 Å². The number of benzene rings is 2. The minimum atomic E-state index is -0.300. The zero-order valence-corrected chi connectivity index (χ0v) is 12.6. The lowest BCUT2D eigenvalue weighted by Crippen LogP contribution is -2.15. The summed E-state index contributed by atoms with van der Waals surface area (Å²) < 4.78 is 20.4. The Bertz CT molecular complexity index is 827. The number of carbonyl (C=O) groups excluding carboxylic acids is 1. The van der Waals surface area contributed by atoms with Crippen LogP contribution in [-0.4, -0.2) is 22.1 Å². The van der Waals surface area contributed by atoms with Gasteiger partial charge in [-0.05, 0) is 36.4 Å². The lowest BCUT2D eigenvalue weighted by atomic mass is 10.3. The molecule has 0 aliphatic rings. The first-order valence-corrected chi connectivity index (χ1v) is 7.25. The third-order valence-corrected chi connectivity index (χ3v) is 3.34. The molecule has 0 saturated heterocycles. The van der Waals surface area contributed by atoms with Crippen LogP contribution in [0.25, 0.3) is 11.0 Å². The number of imidazole rings is 1. The van der Waals surface area contributed by atoms with E-state index in [1.54, 1.807) is 12.1 Å². The Morgan fingerprint density at radius 1 is 1.22 bits per heavy atom. The number of fused-ring (bicyclic) bond motifs is 1. The molecule has 0 atom stereocenters. The molecular weight excluding hydrogens is 297 g/mol. The molecule has 1 amide bonds. The highest BCUT2D eigenvalue weighted by molar-refractivity contribution is 5.89. The average Bonchev–Trinajstić information content (AvgIpc) is 2.86. The van der Waals surface area contributed by atoms with Gasteiger partial charge in [-0.2, -0.15) is 0 Å². The highest BCUT2D eigenvalue weighted by Crippen LogP contribution is 2.20. The molecule has 0 radical (unpaired) electrons. The Morgan fingerprint density at radius 2 is 1.96 bits per heavy atom. The van der Waals surface area contributed by atoms with Crippen molar-refractivity contribution in [2.75, 3.05) is 11.9 Å². The molecule has 1 N–H and O–H groups in total. The molecule has 5 nitrogen and oxygen atoms in total. The summed E-state index contributed by atoms with van der Waals surface area (Å²) in [5, 5.41) is 2.73. The van der Waals surface area contributed by atoms with E-state index in [0.29, 0.717) is 24.8 Å². The average molecular weight is 313 g/mol. The van der Waals surface area contributed by atoms with Crippen molar-refractivity contribution in [2.45, 2.75) is 13.5 Å². The molecule has 0 fully saturated rings. The molecular formula is C17H16FN3O2. The second-order valence-electron chi connectivity index (χ2n) is 5.06. The van der Waals surface area contributed by atoms with Gasteiger partial charge in [0.1, 0.15) is 18.2 Å². The van der Waals surface area contributed by atoms with Crippen molar-refractivity contribution < 1.29 is 13.9 Å². The van der Waals surface area contributed by atoms with Gasteiger partial charge in [0, 0.05) is 6.92 Å². The summed E-state index contributed by atoms with van der Waals surface area (Å²) in [6.07, 6.45) is 0. The van der Waals surface area contributed by atoms with Gasteiger partial charge in [-0.15, -0.1) is 0 Å². The summed E-state index contributed by atoms with van der Waals surface area (Å²) in [6.45, 7) is 2.32. The van der Waals surface area contributed by atoms with Crippen LogP contribution in [0.2, 0.25) is 0 Å². The lowest BCUT2D eigenvalue weighted by Gasteiger charge is -2.10. The number of amides is 1. The largest absolute Gasteiger partial charge is 0.492 e. The topological polar surface area (TPSA) is 56.2 Å². The van der Waals surface area contributed by atoms with Crippen LogP contribution in [0.1, 0.15) is 6.92 Å². The van der Waals surface area contributed by atoms with E-state index < -0.39 is 0 Å². The van der Waals surface area contributed by atoms with E-state index in [1.165, 1.54) is 19.1 Å². The van der Waals surface area contributed by atoms with Gasteiger partial charge >= 0.3 is 0 Å². The predicted octanol–water partition coefficient (Wildman–Crippen LogP) is 3.21. The normalized spacial score (nSPS) is 10.7. The number of hydrogen-bond acceptors (Lipinski definition) is 3. The van der Waals surface area contributed by atoms with Gasteiger partial charge in [-0.1, -0.05) is 12.1 Å². The van der Waals surface area contributed by atoms with Crippen LogP contribution in [0.3, 0.4) is 0 Å². The summed E-state index contributed by atoms with van der Waals surface area (Å²) in [6, 6.07) is 13.5. The number of rotatable bonds is 5. The monoisotopic (exact) mass is 313 g/mol. The van der Waals surface area contributed by atoms with Crippen molar-refractivity contribution in [3.05, 3.63) is 54.3 Å². The number of nitrogens with one attached hydrogen (secondary N) is 1. The molecule has 0 aliphatic carbocycles. The van der Waals surface area contributed by atoms with Gasteiger partial charge in [0.15, 0.2) is 0 Å². The van der Waals surface area contributed by atoms with E-state index in [4.69, 9.17) is 4.74 Å². The van der Waals surface area contributed by atoms with E-state index in [0.717, 1.165) is 11.0 Å². The Hall–Kier alpha value is -2.89. The molecule has 1 aromatic heterocycles. The van der Waals surface area contributed by atoms with E-state index in [-0.39, 0.29) is 11.7 Å². The number of hydrogen-bond donors (Lipinski definition) is 1. The molecule has 23 heavy (non-hydrogen) atoms. The number of anilines is 1. The molecule has 0 aliphatic heterocycles. The molecule has 0 bridgehead atoms. The van der Waals surface area contributed by atoms with Gasteiger partial charge in [0.05, 0.1) is 17.6 Å². The third-order valence-electron chi connectivity index (χ3n) is 3.34. The molecule has 6 heteroatoms. The number of carbonyl (C=O) groups is 1. The first-order valence-electron chi connectivity index (χ1n) is 7.25. The summed E-state index contributed by atoms with van der Waals surface area (Å²) in [5.74, 6) is 0.602. The van der Waals surface area contributed by atoms with Crippen molar-refractivity contribution in [1.82, 2.24) is 9.55 Å². The van der Waals surface area contributed by atoms with E-state index >= 15 is 0 Å². The van der Waals surface area contributed by atoms with Crippen LogP contribution >= 0.6 is 0 Å². The van der Waals surface area contributed by atoms with Gasteiger partial charge in [-0.3, -0.25) is 10.1 Å². The number of para-hydroxylation sites is 2. The number of nitrogens with zero attached hydrogens (tertiary/aromatic N) is 2. The molecule has 3 aromatic rings. The Balaban J connectivity index is 1.77. The summed E-state index contributed by atoms with van der Waals surface area (Å²) in [7, 11) is 0. The molecule has 1 heterocycles. The van der Waals surface area contributed by atoms with Crippen LogP contribution < -0.4 is 10.1 Å². The second-order valence-corrected chi connectivity index (χ2v) is 5.06. The quantitative estimate of drug-likeness (QED) is 0.787. The minimum Gasteiger partial charge on any atom is -0.492 e. The first kappa shape index (κ1) is 15.0. The van der Waals surface area contributed by atoms with Crippen LogP contribution in [-0.2, 0) is 11.3 Å². The fraction of sp³-hybridized carbons (Fsp3) is 0.176. The standard InChI is InChI=1S/C17H16FN3O2/c1-12(22)19-17-20-15-4-2-3-5-16(15)21(17)10-11-23-14-8-6-13(18)7-9-14/h2-9H,10-11H2,1H3,(H,19,20,22). The fourth-order valence-corrected chi connectivity index (χ4v) is 2.34. The third kappa shape index (κ3) is 3.48. The Kier molecular flexibility index (Phi) is 4.23. The Morgan fingerprint density at radius 3 is 2.70 bits per heavy atom. The molecule has 0 saturated carbocycles. The molecule has 118 valence electrons. The zero-order chi connectivity index (χ0) is 16.2. The molecule has 0 unspecified atom stereocenters. The predicted molar refractivity (Wildman–Crippen MR) is 85.9 cm³/mol. The second kappa shape index (κ2) is 6.48. The highest BCUT2D eigenvalue weighted by Gasteiger charge is 2.11.